The van der Waals surface area contributed by atoms with Crippen LogP contribution in [0.4, 0.5) is 0 Å². The second-order valence-corrected chi connectivity index (χ2v) is 11.0. The zero-order chi connectivity index (χ0) is 27.0. The Balaban J connectivity index is 2.27. The van der Waals surface area contributed by atoms with Gasteiger partial charge in [-0.1, -0.05) is 52.0 Å². The van der Waals surface area contributed by atoms with E-state index in [1.165, 1.54) is 13.8 Å². The minimum Gasteiger partial charge on any atom is -0.461 e. The number of hydrogen-bond donors (Lipinski definition) is 1. The molecule has 1 spiro atoms. The Hall–Kier alpha value is -2.45. The lowest BCUT2D eigenvalue weighted by atomic mass is 9.45. The van der Waals surface area contributed by atoms with E-state index < -0.39 is 47.6 Å². The Bertz CT molecular complexity index is 965. The molecule has 8 atom stereocenters. The number of carbonyl (C=O) groups excluding carboxylic acids is 3. The van der Waals surface area contributed by atoms with Gasteiger partial charge < -0.3 is 19.3 Å². The van der Waals surface area contributed by atoms with Crippen LogP contribution in [0.25, 0.3) is 0 Å². The van der Waals surface area contributed by atoms with Crippen molar-refractivity contribution >= 4 is 17.9 Å². The van der Waals surface area contributed by atoms with Crippen molar-refractivity contribution in [1.82, 2.24) is 0 Å². The van der Waals surface area contributed by atoms with Crippen molar-refractivity contribution in [2.45, 2.75) is 92.5 Å². The average Bonchev–Trinajstić information content (AvgIpc) is 3.07. The second-order valence-electron chi connectivity index (χ2n) is 11.0. The number of hydrogen-bond acceptors (Lipinski definition) is 8. The highest BCUT2D eigenvalue weighted by molar-refractivity contribution is 5.72. The van der Waals surface area contributed by atoms with Crippen molar-refractivity contribution in [3.05, 3.63) is 36.0 Å². The molecule has 0 amide bonds. The summed E-state index contributed by atoms with van der Waals surface area (Å²) < 4.78 is 23.5. The highest BCUT2D eigenvalue weighted by Gasteiger charge is 2.72. The van der Waals surface area contributed by atoms with Crippen molar-refractivity contribution in [2.24, 2.45) is 28.6 Å². The topological polar surface area (TPSA) is 108 Å². The molecule has 0 aromatic rings. The van der Waals surface area contributed by atoms with E-state index in [9.17, 15) is 19.5 Å². The minimum atomic E-state index is -1.17. The summed E-state index contributed by atoms with van der Waals surface area (Å²) >= 11 is 0. The van der Waals surface area contributed by atoms with Crippen molar-refractivity contribution in [3.63, 3.8) is 0 Å². The molecule has 1 saturated carbocycles. The van der Waals surface area contributed by atoms with E-state index in [4.69, 9.17) is 18.9 Å². The number of allylic oxidation sites excluding steroid dienone is 3. The molecule has 3 rings (SSSR count). The van der Waals surface area contributed by atoms with Gasteiger partial charge in [-0.05, 0) is 49.5 Å². The molecular weight excluding hydrogens is 464 g/mol. The van der Waals surface area contributed by atoms with Gasteiger partial charge in [0.2, 0.25) is 12.6 Å². The van der Waals surface area contributed by atoms with Gasteiger partial charge in [0.1, 0.15) is 11.5 Å². The first-order chi connectivity index (χ1) is 16.8. The predicted molar refractivity (Wildman–Crippen MR) is 132 cm³/mol. The third-order valence-corrected chi connectivity index (χ3v) is 8.30. The molecule has 0 bridgehead atoms. The molecular formula is C28H40O8. The average molecular weight is 505 g/mol. The van der Waals surface area contributed by atoms with Gasteiger partial charge in [-0.2, -0.15) is 0 Å². The summed E-state index contributed by atoms with van der Waals surface area (Å²) in [7, 11) is 0. The maximum atomic E-state index is 12.9. The first kappa shape index (κ1) is 28.1. The minimum absolute atomic E-state index is 0.0734. The highest BCUT2D eigenvalue weighted by atomic mass is 16.8. The molecule has 0 radical (unpaired) electrons. The standard InChI is InChI=1S/C28H40O8/c1-9-16(4)10-11-27(8)17(5)12-23(35-24(32)15(2)3)28-21(13-20(31)14-22(27)28)25(33-18(6)29)36-26(28)34-19(7)30/h9-10,13,15,17,20,22-23,25-26,31H,1,11-12,14H2,2-8H3/b16-10+/t17-,20+,22+,23+,25+,26-,27-,28-/m1/s1. The molecule has 200 valence electrons. The Kier molecular flexibility index (Phi) is 8.20. The molecule has 0 aromatic heterocycles. The number of ether oxygens (including phenoxy) is 4. The van der Waals surface area contributed by atoms with Crippen LogP contribution in [0.2, 0.25) is 0 Å². The van der Waals surface area contributed by atoms with E-state index in [0.29, 0.717) is 24.8 Å². The quantitative estimate of drug-likeness (QED) is 0.238. The normalized spacial score (nSPS) is 37.9. The number of aliphatic hydroxyl groups excluding tert-OH is 1. The van der Waals surface area contributed by atoms with Gasteiger partial charge in [0.15, 0.2) is 0 Å². The SMILES string of the molecule is C=C/C(C)=C/C[C@]1(C)[C@H](C)C[C@H](OC(=O)C(C)C)[C@@]23C(=C[C@H](O)C[C@@H]12)[C@@H](OC(C)=O)O[C@H]3OC(C)=O. The van der Waals surface area contributed by atoms with E-state index in [1.807, 2.05) is 6.92 Å². The van der Waals surface area contributed by atoms with Gasteiger partial charge in [-0.15, -0.1) is 0 Å². The van der Waals surface area contributed by atoms with Crippen molar-refractivity contribution in [1.29, 1.82) is 0 Å². The molecule has 1 N–H and O–H groups in total. The number of carbonyl (C=O) groups is 3. The smallest absolute Gasteiger partial charge is 0.308 e. The monoisotopic (exact) mass is 504 g/mol. The Morgan fingerprint density at radius 3 is 2.36 bits per heavy atom. The van der Waals surface area contributed by atoms with E-state index in [1.54, 1.807) is 26.0 Å². The fourth-order valence-electron chi connectivity index (χ4n) is 6.19. The van der Waals surface area contributed by atoms with Crippen molar-refractivity contribution < 1.29 is 38.4 Å². The van der Waals surface area contributed by atoms with Crippen LogP contribution >= 0.6 is 0 Å². The molecule has 1 aliphatic heterocycles. The van der Waals surface area contributed by atoms with Gasteiger partial charge in [0.05, 0.1) is 12.0 Å². The molecule has 0 unspecified atom stereocenters. The Labute approximate surface area is 213 Å². The van der Waals surface area contributed by atoms with Crippen LogP contribution in [0.1, 0.15) is 67.7 Å². The second kappa shape index (κ2) is 10.5. The van der Waals surface area contributed by atoms with Crippen LogP contribution in [0.5, 0.6) is 0 Å². The van der Waals surface area contributed by atoms with Crippen LogP contribution in [0.3, 0.4) is 0 Å². The van der Waals surface area contributed by atoms with Gasteiger partial charge >= 0.3 is 17.9 Å². The third-order valence-electron chi connectivity index (χ3n) is 8.30. The Morgan fingerprint density at radius 2 is 1.81 bits per heavy atom. The fourth-order valence-corrected chi connectivity index (χ4v) is 6.19. The van der Waals surface area contributed by atoms with Crippen LogP contribution in [0, 0.1) is 28.6 Å². The molecule has 2 fully saturated rings. The highest BCUT2D eigenvalue weighted by Crippen LogP contribution is 2.67. The van der Waals surface area contributed by atoms with Crippen molar-refractivity contribution in [2.75, 3.05) is 0 Å². The summed E-state index contributed by atoms with van der Waals surface area (Å²) in [5, 5.41) is 11.0. The zero-order valence-electron chi connectivity index (χ0n) is 22.4. The zero-order valence-corrected chi connectivity index (χ0v) is 22.4. The summed E-state index contributed by atoms with van der Waals surface area (Å²) in [6, 6.07) is 0. The third kappa shape index (κ3) is 4.90. The molecule has 8 nitrogen and oxygen atoms in total. The summed E-state index contributed by atoms with van der Waals surface area (Å²) in [6.07, 6.45) is 3.11. The summed E-state index contributed by atoms with van der Waals surface area (Å²) in [6.45, 7) is 16.2. The summed E-state index contributed by atoms with van der Waals surface area (Å²) in [4.78, 5) is 37.1. The molecule has 3 aliphatic rings. The van der Waals surface area contributed by atoms with Crippen LogP contribution in [-0.2, 0) is 33.3 Å². The Morgan fingerprint density at radius 1 is 1.17 bits per heavy atom. The van der Waals surface area contributed by atoms with Gasteiger partial charge in [0, 0.05) is 19.4 Å². The van der Waals surface area contributed by atoms with Crippen LogP contribution < -0.4 is 0 Å². The maximum absolute atomic E-state index is 12.9. The first-order valence-electron chi connectivity index (χ1n) is 12.7. The van der Waals surface area contributed by atoms with E-state index >= 15 is 0 Å². The first-order valence-corrected chi connectivity index (χ1v) is 12.7. The lowest BCUT2D eigenvalue weighted by molar-refractivity contribution is -0.257. The molecule has 0 aromatic carbocycles. The van der Waals surface area contributed by atoms with Gasteiger partial charge in [-0.3, -0.25) is 19.1 Å². The van der Waals surface area contributed by atoms with Crippen molar-refractivity contribution in [3.8, 4) is 0 Å². The van der Waals surface area contributed by atoms with Crippen LogP contribution in [-0.4, -0.2) is 47.8 Å². The molecule has 36 heavy (non-hydrogen) atoms. The number of esters is 3. The predicted octanol–water partition coefficient (Wildman–Crippen LogP) is 4.22. The number of rotatable bonds is 7. The number of aliphatic hydroxyl groups is 1. The van der Waals surface area contributed by atoms with Gasteiger partial charge in [0.25, 0.3) is 0 Å². The summed E-state index contributed by atoms with van der Waals surface area (Å²) in [5.74, 6) is -2.16. The fraction of sp³-hybridized carbons (Fsp3) is 0.679. The van der Waals surface area contributed by atoms with Gasteiger partial charge in [-0.25, -0.2) is 0 Å². The molecule has 1 heterocycles. The lowest BCUT2D eigenvalue weighted by Gasteiger charge is -2.60. The molecule has 1 saturated heterocycles. The molecule has 2 aliphatic carbocycles. The molecule has 8 heteroatoms. The maximum Gasteiger partial charge on any atom is 0.308 e. The van der Waals surface area contributed by atoms with E-state index in [-0.39, 0.29) is 23.7 Å². The van der Waals surface area contributed by atoms with Crippen LogP contribution in [0.15, 0.2) is 36.0 Å². The lowest BCUT2D eigenvalue weighted by Crippen LogP contribution is -2.63. The largest absolute Gasteiger partial charge is 0.461 e. The van der Waals surface area contributed by atoms with E-state index in [0.717, 1.165) is 5.57 Å². The van der Waals surface area contributed by atoms with E-state index in [2.05, 4.69) is 26.5 Å². The summed E-state index contributed by atoms with van der Waals surface area (Å²) in [5.41, 5.74) is -0.0303.